The summed E-state index contributed by atoms with van der Waals surface area (Å²) in [5.41, 5.74) is 0.638. The minimum Gasteiger partial charge on any atom is -0.282 e. The predicted octanol–water partition coefficient (Wildman–Crippen LogP) is 2.87. The highest BCUT2D eigenvalue weighted by molar-refractivity contribution is 8.27. The minimum atomic E-state index is -0.516. The van der Waals surface area contributed by atoms with Gasteiger partial charge in [-0.05, 0) is 35.5 Å². The monoisotopic (exact) mass is 343 g/mol. The van der Waals surface area contributed by atoms with E-state index in [-0.39, 0.29) is 23.0 Å². The lowest BCUT2D eigenvalue weighted by molar-refractivity contribution is -0.384. The van der Waals surface area contributed by atoms with E-state index in [0.29, 0.717) is 10.7 Å². The van der Waals surface area contributed by atoms with Crippen LogP contribution in [0.3, 0.4) is 0 Å². The van der Waals surface area contributed by atoms with Crippen LogP contribution >= 0.6 is 11.8 Å². The quantitative estimate of drug-likeness (QED) is 0.515. The third-order valence-electron chi connectivity index (χ3n) is 3.38. The molecular weight excluding hydrogens is 330 g/mol. The fraction of sp³-hybridized carbons (Fsp3) is 0.200. The largest absolute Gasteiger partial charge is 0.283 e. The predicted molar refractivity (Wildman–Crippen MR) is 92.9 cm³/mol. The molecule has 0 bridgehead atoms. The topological polar surface area (TPSA) is 112 Å². The molecule has 2 aliphatic rings. The lowest BCUT2D eigenvalue weighted by Gasteiger charge is -2.20. The zero-order chi connectivity index (χ0) is 17.4. The summed E-state index contributed by atoms with van der Waals surface area (Å²) in [4.78, 5) is 26.4. The summed E-state index contributed by atoms with van der Waals surface area (Å²) in [7, 11) is 0. The van der Waals surface area contributed by atoms with E-state index in [1.807, 2.05) is 13.8 Å². The Hall–Kier alpha value is -2.81. The number of hydrogen-bond acceptors (Lipinski definition) is 6. The molecule has 9 heteroatoms. The first-order valence-corrected chi connectivity index (χ1v) is 7.93. The fourth-order valence-electron chi connectivity index (χ4n) is 2.10. The average molecular weight is 343 g/mol. The van der Waals surface area contributed by atoms with Crippen LogP contribution in [0.5, 0.6) is 0 Å². The van der Waals surface area contributed by atoms with Crippen LogP contribution in [0.15, 0.2) is 39.9 Å². The summed E-state index contributed by atoms with van der Waals surface area (Å²) < 4.78 is 0. The molecule has 0 saturated carbocycles. The molecule has 1 N–H and O–H groups in total. The molecule has 2 aliphatic heterocycles. The number of carbonyl (C=O) groups excluding carboxylic acids is 1. The van der Waals surface area contributed by atoms with E-state index in [1.54, 1.807) is 0 Å². The summed E-state index contributed by atoms with van der Waals surface area (Å²) in [6.07, 6.45) is 1.49. The number of nitro groups is 1. The van der Waals surface area contributed by atoms with Gasteiger partial charge in [0.15, 0.2) is 5.84 Å². The van der Waals surface area contributed by atoms with Gasteiger partial charge in [-0.1, -0.05) is 13.8 Å². The maximum absolute atomic E-state index is 12.2. The lowest BCUT2D eigenvalue weighted by atomic mass is 10.1. The number of non-ortho nitro benzene ring substituents is 1. The number of amides is 1. The van der Waals surface area contributed by atoms with E-state index < -0.39 is 10.8 Å². The number of hydrazone groups is 1. The van der Waals surface area contributed by atoms with E-state index in [1.165, 1.54) is 47.1 Å². The van der Waals surface area contributed by atoms with Crippen LogP contribution in [-0.2, 0) is 4.79 Å². The van der Waals surface area contributed by atoms with Crippen LogP contribution < -0.4 is 0 Å². The summed E-state index contributed by atoms with van der Waals surface area (Å²) in [5, 5.41) is 25.8. The van der Waals surface area contributed by atoms with Gasteiger partial charge >= 0.3 is 0 Å². The van der Waals surface area contributed by atoms with Crippen LogP contribution in [0.2, 0.25) is 0 Å². The van der Waals surface area contributed by atoms with Crippen LogP contribution in [0.25, 0.3) is 6.08 Å². The Kier molecular flexibility index (Phi) is 4.02. The van der Waals surface area contributed by atoms with Gasteiger partial charge in [0.2, 0.25) is 5.17 Å². The molecule has 8 nitrogen and oxygen atoms in total. The van der Waals surface area contributed by atoms with Crippen LogP contribution in [0, 0.1) is 21.4 Å². The van der Waals surface area contributed by atoms with Crippen molar-refractivity contribution in [3.8, 4) is 0 Å². The van der Waals surface area contributed by atoms with Crippen molar-refractivity contribution in [2.45, 2.75) is 13.8 Å². The molecule has 1 aromatic rings. The number of fused-ring (bicyclic) bond motifs is 1. The second-order valence-corrected chi connectivity index (χ2v) is 6.45. The van der Waals surface area contributed by atoms with Crippen molar-refractivity contribution < 1.29 is 9.72 Å². The number of aliphatic imine (C=N–C) groups is 1. The molecule has 0 unspecified atom stereocenters. The van der Waals surface area contributed by atoms with E-state index in [2.05, 4.69) is 10.1 Å². The molecule has 0 radical (unpaired) electrons. The Balaban J connectivity index is 1.93. The first-order valence-electron chi connectivity index (χ1n) is 7.11. The smallest absolute Gasteiger partial charge is 0.282 e. The Morgan fingerprint density at radius 3 is 2.58 bits per heavy atom. The number of nitrogens with one attached hydrogen (secondary N) is 1. The van der Waals surface area contributed by atoms with Crippen molar-refractivity contribution in [3.05, 3.63) is 45.5 Å². The maximum atomic E-state index is 12.2. The molecule has 3 rings (SSSR count). The third-order valence-corrected chi connectivity index (χ3v) is 4.59. The SMILES string of the molecule is CC(C)C1=NN2C(=N)C(=Cc3ccc([N+](=O)[O-])cc3)C(=O)N=C2S1. The molecule has 1 aromatic carbocycles. The fourth-order valence-corrected chi connectivity index (χ4v) is 2.99. The Morgan fingerprint density at radius 1 is 1.33 bits per heavy atom. The van der Waals surface area contributed by atoms with Crippen molar-refractivity contribution in [1.82, 2.24) is 5.01 Å². The molecule has 0 aliphatic carbocycles. The van der Waals surface area contributed by atoms with Gasteiger partial charge in [0.25, 0.3) is 11.6 Å². The van der Waals surface area contributed by atoms with Gasteiger partial charge in [0.05, 0.1) is 10.5 Å². The molecule has 1 amide bonds. The molecule has 24 heavy (non-hydrogen) atoms. The molecule has 0 spiro atoms. The van der Waals surface area contributed by atoms with Gasteiger partial charge < -0.3 is 0 Å². The van der Waals surface area contributed by atoms with Gasteiger partial charge in [-0.3, -0.25) is 20.3 Å². The lowest BCUT2D eigenvalue weighted by Crippen LogP contribution is -2.35. The number of amidine groups is 2. The van der Waals surface area contributed by atoms with Crippen molar-refractivity contribution in [3.63, 3.8) is 0 Å². The van der Waals surface area contributed by atoms with E-state index in [0.717, 1.165) is 5.04 Å². The van der Waals surface area contributed by atoms with Crippen molar-refractivity contribution in [2.24, 2.45) is 16.0 Å². The molecule has 0 aromatic heterocycles. The molecular formula is C15H13N5O3S. The van der Waals surface area contributed by atoms with Gasteiger partial charge in [-0.2, -0.15) is 15.1 Å². The number of nitrogens with zero attached hydrogens (tertiary/aromatic N) is 4. The molecule has 0 atom stereocenters. The zero-order valence-electron chi connectivity index (χ0n) is 12.9. The molecule has 0 fully saturated rings. The minimum absolute atomic E-state index is 0.0374. The summed E-state index contributed by atoms with van der Waals surface area (Å²) >= 11 is 1.29. The van der Waals surface area contributed by atoms with Crippen LogP contribution in [0.4, 0.5) is 5.69 Å². The highest BCUT2D eigenvalue weighted by atomic mass is 32.2. The van der Waals surface area contributed by atoms with Gasteiger partial charge in [0, 0.05) is 18.1 Å². The highest BCUT2D eigenvalue weighted by Crippen LogP contribution is 2.30. The summed E-state index contributed by atoms with van der Waals surface area (Å²) in [6, 6.07) is 5.73. The van der Waals surface area contributed by atoms with Crippen molar-refractivity contribution >= 4 is 45.5 Å². The van der Waals surface area contributed by atoms with Gasteiger partial charge in [0.1, 0.15) is 5.04 Å². The Labute approximate surface area is 141 Å². The second-order valence-electron chi connectivity index (χ2n) is 5.46. The van der Waals surface area contributed by atoms with E-state index in [9.17, 15) is 14.9 Å². The maximum Gasteiger partial charge on any atom is 0.283 e. The standard InChI is InChI=1S/C15H13N5O3S/c1-8(2)14-18-19-12(16)11(13(21)17-15(19)24-14)7-9-3-5-10(6-4-9)20(22)23/h3-8,16H,1-2H3. The first kappa shape index (κ1) is 16.1. The Bertz CT molecular complexity index is 839. The van der Waals surface area contributed by atoms with E-state index in [4.69, 9.17) is 5.41 Å². The number of hydrogen-bond donors (Lipinski definition) is 1. The molecule has 0 saturated heterocycles. The molecule has 122 valence electrons. The second kappa shape index (κ2) is 6.00. The van der Waals surface area contributed by atoms with E-state index >= 15 is 0 Å². The number of thioether (sulfide) groups is 1. The number of carbonyl (C=O) groups is 1. The van der Waals surface area contributed by atoms with Crippen molar-refractivity contribution in [2.75, 3.05) is 0 Å². The number of nitro benzene ring substituents is 1. The van der Waals surface area contributed by atoms with Crippen molar-refractivity contribution in [1.29, 1.82) is 5.41 Å². The average Bonchev–Trinajstić information content (AvgIpc) is 2.96. The van der Waals surface area contributed by atoms with Crippen LogP contribution in [0.1, 0.15) is 19.4 Å². The number of benzene rings is 1. The van der Waals surface area contributed by atoms with Crippen LogP contribution in [-0.4, -0.2) is 31.9 Å². The Morgan fingerprint density at radius 2 is 2.00 bits per heavy atom. The normalized spacial score (nSPS) is 18.8. The highest BCUT2D eigenvalue weighted by Gasteiger charge is 2.36. The first-order chi connectivity index (χ1) is 11.4. The summed E-state index contributed by atoms with van der Waals surface area (Å²) in [5.74, 6) is -0.392. The number of rotatable bonds is 3. The van der Waals surface area contributed by atoms with Gasteiger partial charge in [-0.15, -0.1) is 0 Å². The third kappa shape index (κ3) is 2.85. The van der Waals surface area contributed by atoms with Gasteiger partial charge in [-0.25, -0.2) is 0 Å². The molecule has 2 heterocycles. The summed E-state index contributed by atoms with van der Waals surface area (Å²) in [6.45, 7) is 3.95. The zero-order valence-corrected chi connectivity index (χ0v) is 13.7.